The van der Waals surface area contributed by atoms with Crippen LogP contribution in [0.4, 0.5) is 4.79 Å². The number of carboxylic acid groups (broad SMARTS) is 1. The minimum Gasteiger partial charge on any atom is -0.480 e. The molecule has 0 saturated carbocycles. The second-order valence-electron chi connectivity index (χ2n) is 4.88. The number of hydrogen-bond donors (Lipinski definition) is 3. The van der Waals surface area contributed by atoms with Gasteiger partial charge < -0.3 is 15.7 Å². The molecule has 0 saturated heterocycles. The molecule has 0 aliphatic carbocycles. The minimum atomic E-state index is -1.07. The molecule has 3 N–H and O–H groups in total. The van der Waals surface area contributed by atoms with E-state index in [1.54, 1.807) is 20.8 Å². The van der Waals surface area contributed by atoms with Crippen LogP contribution in [-0.2, 0) is 4.79 Å². The van der Waals surface area contributed by atoms with Gasteiger partial charge in [-0.15, -0.1) is 6.42 Å². The van der Waals surface area contributed by atoms with Crippen molar-refractivity contribution >= 4 is 12.0 Å². The summed E-state index contributed by atoms with van der Waals surface area (Å²) in [5.41, 5.74) is -0.568. The van der Waals surface area contributed by atoms with Gasteiger partial charge >= 0.3 is 12.0 Å². The molecular weight excluding hydrogens is 220 g/mol. The quantitative estimate of drug-likeness (QED) is 0.646. The van der Waals surface area contributed by atoms with Crippen LogP contribution in [0.5, 0.6) is 0 Å². The van der Waals surface area contributed by atoms with Crippen LogP contribution in [0.3, 0.4) is 0 Å². The molecule has 2 amide bonds. The Morgan fingerprint density at radius 2 is 1.88 bits per heavy atom. The molecule has 5 heteroatoms. The fraction of sp³-hybridized carbons (Fsp3) is 0.667. The Morgan fingerprint density at radius 1 is 1.35 bits per heavy atom. The summed E-state index contributed by atoms with van der Waals surface area (Å²) in [6, 6.07) is -1.90. The molecule has 0 heterocycles. The van der Waals surface area contributed by atoms with Gasteiger partial charge in [-0.05, 0) is 11.8 Å². The van der Waals surface area contributed by atoms with Crippen molar-refractivity contribution in [3.8, 4) is 12.3 Å². The van der Waals surface area contributed by atoms with E-state index in [4.69, 9.17) is 11.5 Å². The summed E-state index contributed by atoms with van der Waals surface area (Å²) in [5, 5.41) is 14.0. The fourth-order valence-corrected chi connectivity index (χ4v) is 1.24. The van der Waals surface area contributed by atoms with Gasteiger partial charge in [0.05, 0.1) is 6.04 Å². The number of amides is 2. The molecule has 0 aliphatic heterocycles. The lowest BCUT2D eigenvalue weighted by Gasteiger charge is -2.28. The summed E-state index contributed by atoms with van der Waals surface area (Å²) < 4.78 is 0. The molecule has 5 nitrogen and oxygen atoms in total. The van der Waals surface area contributed by atoms with Gasteiger partial charge in [0.15, 0.2) is 0 Å². The lowest BCUT2D eigenvalue weighted by atomic mass is 9.87. The molecule has 96 valence electrons. The van der Waals surface area contributed by atoms with Gasteiger partial charge in [0.1, 0.15) is 6.04 Å². The Bertz CT molecular complexity index is 326. The molecule has 0 spiro atoms. The summed E-state index contributed by atoms with van der Waals surface area (Å²) >= 11 is 0. The highest BCUT2D eigenvalue weighted by molar-refractivity contribution is 5.83. The number of terminal acetylenes is 1. The van der Waals surface area contributed by atoms with Crippen LogP contribution in [0.1, 0.15) is 34.1 Å². The van der Waals surface area contributed by atoms with Crippen LogP contribution in [0.25, 0.3) is 0 Å². The molecule has 17 heavy (non-hydrogen) atoms. The SMILES string of the molecule is C#CC(CC)NC(=O)N[C@H](C(=O)O)C(C)(C)C. The first kappa shape index (κ1) is 15.3. The van der Waals surface area contributed by atoms with E-state index in [0.717, 1.165) is 0 Å². The van der Waals surface area contributed by atoms with Gasteiger partial charge in [0.25, 0.3) is 0 Å². The zero-order chi connectivity index (χ0) is 13.6. The van der Waals surface area contributed by atoms with Gasteiger partial charge in [-0.25, -0.2) is 9.59 Å². The number of rotatable bonds is 4. The standard InChI is InChI=1S/C12H20N2O3/c1-6-8(7-2)13-11(17)14-9(10(15)16)12(3,4)5/h1,8-9H,7H2,2-5H3,(H,15,16)(H2,13,14,17)/t8?,9-/m1/s1. The average Bonchev–Trinajstić information content (AvgIpc) is 2.20. The van der Waals surface area contributed by atoms with Crippen LogP contribution in [0.2, 0.25) is 0 Å². The monoisotopic (exact) mass is 240 g/mol. The number of aliphatic carboxylic acids is 1. The molecule has 0 bridgehead atoms. The summed E-state index contributed by atoms with van der Waals surface area (Å²) in [6.45, 7) is 7.06. The molecule has 2 atom stereocenters. The summed E-state index contributed by atoms with van der Waals surface area (Å²) in [6.07, 6.45) is 5.79. The topological polar surface area (TPSA) is 78.4 Å². The van der Waals surface area contributed by atoms with Crippen molar-refractivity contribution in [2.45, 2.75) is 46.2 Å². The fourth-order valence-electron chi connectivity index (χ4n) is 1.24. The highest BCUT2D eigenvalue weighted by atomic mass is 16.4. The normalized spacial score (nSPS) is 14.3. The Kier molecular flexibility index (Phi) is 5.52. The molecule has 0 aromatic carbocycles. The lowest BCUT2D eigenvalue weighted by molar-refractivity contribution is -0.141. The summed E-state index contributed by atoms with van der Waals surface area (Å²) in [7, 11) is 0. The van der Waals surface area contributed by atoms with Crippen molar-refractivity contribution < 1.29 is 14.7 Å². The van der Waals surface area contributed by atoms with Crippen LogP contribution in [0, 0.1) is 17.8 Å². The van der Waals surface area contributed by atoms with E-state index in [1.165, 1.54) is 0 Å². The predicted octanol–water partition coefficient (Wildman–Crippen LogP) is 1.20. The first-order valence-electron chi connectivity index (χ1n) is 5.48. The van der Waals surface area contributed by atoms with E-state index >= 15 is 0 Å². The maximum atomic E-state index is 11.6. The Balaban J connectivity index is 4.54. The van der Waals surface area contributed by atoms with Gasteiger partial charge in [0.2, 0.25) is 0 Å². The van der Waals surface area contributed by atoms with Crippen molar-refractivity contribution in [2.75, 3.05) is 0 Å². The zero-order valence-electron chi connectivity index (χ0n) is 10.7. The smallest absolute Gasteiger partial charge is 0.326 e. The number of carbonyl (C=O) groups is 2. The van der Waals surface area contributed by atoms with Gasteiger partial charge in [0, 0.05) is 0 Å². The molecule has 0 rings (SSSR count). The number of carbonyl (C=O) groups excluding carboxylic acids is 1. The Labute approximate surface area is 102 Å². The van der Waals surface area contributed by atoms with E-state index in [0.29, 0.717) is 6.42 Å². The van der Waals surface area contributed by atoms with Crippen molar-refractivity contribution in [1.29, 1.82) is 0 Å². The first-order chi connectivity index (χ1) is 7.72. The second-order valence-corrected chi connectivity index (χ2v) is 4.88. The molecule has 0 aromatic rings. The van der Waals surface area contributed by atoms with E-state index in [1.807, 2.05) is 6.92 Å². The van der Waals surface area contributed by atoms with Crippen LogP contribution < -0.4 is 10.6 Å². The minimum absolute atomic E-state index is 0.385. The predicted molar refractivity (Wildman–Crippen MR) is 65.5 cm³/mol. The van der Waals surface area contributed by atoms with E-state index in [2.05, 4.69) is 16.6 Å². The Morgan fingerprint density at radius 3 is 2.18 bits per heavy atom. The van der Waals surface area contributed by atoms with Gasteiger partial charge in [-0.3, -0.25) is 0 Å². The van der Waals surface area contributed by atoms with Crippen molar-refractivity contribution in [1.82, 2.24) is 10.6 Å². The summed E-state index contributed by atoms with van der Waals surface area (Å²) in [5.74, 6) is 1.34. The molecular formula is C12H20N2O3. The highest BCUT2D eigenvalue weighted by Gasteiger charge is 2.32. The van der Waals surface area contributed by atoms with Gasteiger partial charge in [-0.2, -0.15) is 0 Å². The Hall–Kier alpha value is -1.70. The second kappa shape index (κ2) is 6.14. The van der Waals surface area contributed by atoms with E-state index < -0.39 is 23.5 Å². The molecule has 0 fully saturated rings. The van der Waals surface area contributed by atoms with Crippen LogP contribution in [-0.4, -0.2) is 29.2 Å². The number of urea groups is 1. The van der Waals surface area contributed by atoms with E-state index in [-0.39, 0.29) is 6.04 Å². The summed E-state index contributed by atoms with van der Waals surface area (Å²) in [4.78, 5) is 22.6. The third-order valence-electron chi connectivity index (χ3n) is 2.30. The van der Waals surface area contributed by atoms with E-state index in [9.17, 15) is 9.59 Å². The van der Waals surface area contributed by atoms with Gasteiger partial charge in [-0.1, -0.05) is 33.6 Å². The molecule has 0 aromatic heterocycles. The number of nitrogens with one attached hydrogen (secondary N) is 2. The average molecular weight is 240 g/mol. The molecule has 0 radical (unpaired) electrons. The largest absolute Gasteiger partial charge is 0.480 e. The van der Waals surface area contributed by atoms with Crippen LogP contribution in [0.15, 0.2) is 0 Å². The lowest BCUT2D eigenvalue weighted by Crippen LogP contribution is -2.53. The number of carboxylic acids is 1. The maximum absolute atomic E-state index is 11.6. The van der Waals surface area contributed by atoms with Crippen molar-refractivity contribution in [2.24, 2.45) is 5.41 Å². The zero-order valence-corrected chi connectivity index (χ0v) is 10.7. The van der Waals surface area contributed by atoms with Crippen molar-refractivity contribution in [3.05, 3.63) is 0 Å². The van der Waals surface area contributed by atoms with Crippen LogP contribution >= 0.6 is 0 Å². The highest BCUT2D eigenvalue weighted by Crippen LogP contribution is 2.19. The number of hydrogen-bond acceptors (Lipinski definition) is 2. The molecule has 1 unspecified atom stereocenters. The maximum Gasteiger partial charge on any atom is 0.326 e. The third-order valence-corrected chi connectivity index (χ3v) is 2.30. The first-order valence-corrected chi connectivity index (χ1v) is 5.48. The molecule has 0 aliphatic rings. The third kappa shape index (κ3) is 5.25. The van der Waals surface area contributed by atoms with Crippen molar-refractivity contribution in [3.63, 3.8) is 0 Å².